The zero-order valence-electron chi connectivity index (χ0n) is 22.6. The molecule has 2 aromatic carbocycles. The van der Waals surface area contributed by atoms with Crippen molar-refractivity contribution in [1.29, 1.82) is 0 Å². The summed E-state index contributed by atoms with van der Waals surface area (Å²) in [5.74, 6) is 0.480. The van der Waals surface area contributed by atoms with Crippen molar-refractivity contribution in [2.45, 2.75) is 52.0 Å². The minimum atomic E-state index is -1.03. The lowest BCUT2D eigenvalue weighted by Gasteiger charge is -2.37. The van der Waals surface area contributed by atoms with Gasteiger partial charge in [0, 0.05) is 25.3 Å². The van der Waals surface area contributed by atoms with Crippen LogP contribution in [-0.4, -0.2) is 34.0 Å². The third kappa shape index (κ3) is 5.14. The summed E-state index contributed by atoms with van der Waals surface area (Å²) in [6, 6.07) is 15.9. The molecular formula is C31H33FN2O5. The molecule has 5 rings (SSSR count). The first kappa shape index (κ1) is 26.8. The van der Waals surface area contributed by atoms with Crippen LogP contribution >= 0.6 is 0 Å². The molecule has 0 bridgehead atoms. The van der Waals surface area contributed by atoms with Gasteiger partial charge in [0.25, 0.3) is 5.56 Å². The summed E-state index contributed by atoms with van der Waals surface area (Å²) >= 11 is 0. The Morgan fingerprint density at radius 3 is 2.49 bits per heavy atom. The molecule has 7 nitrogen and oxygen atoms in total. The minimum absolute atomic E-state index is 0.0201. The molecule has 3 heterocycles. The van der Waals surface area contributed by atoms with Gasteiger partial charge < -0.3 is 19.3 Å². The summed E-state index contributed by atoms with van der Waals surface area (Å²) in [6.45, 7) is 5.82. The highest BCUT2D eigenvalue weighted by Crippen LogP contribution is 2.43. The van der Waals surface area contributed by atoms with Gasteiger partial charge in [0.15, 0.2) is 11.5 Å². The van der Waals surface area contributed by atoms with Crippen molar-refractivity contribution >= 4 is 11.0 Å². The number of aromatic nitrogens is 2. The fourth-order valence-electron chi connectivity index (χ4n) is 5.17. The van der Waals surface area contributed by atoms with E-state index in [1.54, 1.807) is 36.9 Å². The van der Waals surface area contributed by atoms with E-state index in [2.05, 4.69) is 0 Å². The van der Waals surface area contributed by atoms with E-state index < -0.39 is 11.7 Å². The number of halogens is 1. The van der Waals surface area contributed by atoms with Crippen LogP contribution in [0.15, 0.2) is 65.6 Å². The van der Waals surface area contributed by atoms with Crippen LogP contribution in [0.1, 0.15) is 49.1 Å². The fourth-order valence-corrected chi connectivity index (χ4v) is 5.17. The molecule has 0 spiro atoms. The standard InChI is InChI=1S/C31H33FN2O5/c1-19(2)27(37-4)24-29(38-16-21-8-6-5-7-9-21)25-26-28(39-31(3,18-35)17-34(26)30(24)36)22(15-33-25)14-20-10-12-23(32)13-11-20/h5-13,15,19,27,35H,14,16-18H2,1-4H3. The summed E-state index contributed by atoms with van der Waals surface area (Å²) in [7, 11) is 1.58. The molecule has 1 N–H and O–H groups in total. The second-order valence-corrected chi connectivity index (χ2v) is 10.6. The zero-order chi connectivity index (χ0) is 27.7. The van der Waals surface area contributed by atoms with E-state index in [4.69, 9.17) is 19.2 Å². The minimum Gasteiger partial charge on any atom is -0.486 e. The highest BCUT2D eigenvalue weighted by Gasteiger charge is 2.38. The van der Waals surface area contributed by atoms with Gasteiger partial charge in [0.2, 0.25) is 0 Å². The highest BCUT2D eigenvalue weighted by molar-refractivity contribution is 5.89. The summed E-state index contributed by atoms with van der Waals surface area (Å²) in [5.41, 5.74) is 2.61. The Labute approximate surface area is 226 Å². The lowest BCUT2D eigenvalue weighted by atomic mass is 9.95. The van der Waals surface area contributed by atoms with Crippen molar-refractivity contribution in [3.8, 4) is 11.5 Å². The van der Waals surface area contributed by atoms with Gasteiger partial charge in [-0.15, -0.1) is 0 Å². The second kappa shape index (κ2) is 10.8. The van der Waals surface area contributed by atoms with Crippen LogP contribution in [0.2, 0.25) is 0 Å². The van der Waals surface area contributed by atoms with Crippen LogP contribution in [0.4, 0.5) is 4.39 Å². The van der Waals surface area contributed by atoms with E-state index in [1.807, 2.05) is 44.2 Å². The molecule has 0 aliphatic carbocycles. The maximum atomic E-state index is 14.2. The Bertz CT molecular complexity index is 1540. The first-order chi connectivity index (χ1) is 18.7. The number of methoxy groups -OCH3 is 1. The van der Waals surface area contributed by atoms with Crippen molar-refractivity contribution in [2.75, 3.05) is 13.7 Å². The lowest BCUT2D eigenvalue weighted by molar-refractivity contribution is 0.00284. The Morgan fingerprint density at radius 2 is 1.85 bits per heavy atom. The molecule has 4 aromatic rings. The second-order valence-electron chi connectivity index (χ2n) is 10.6. The van der Waals surface area contributed by atoms with Crippen LogP contribution in [0.25, 0.3) is 11.0 Å². The maximum Gasteiger partial charge on any atom is 0.261 e. The van der Waals surface area contributed by atoms with Crippen molar-refractivity contribution in [1.82, 2.24) is 9.55 Å². The Morgan fingerprint density at radius 1 is 1.13 bits per heavy atom. The number of pyridine rings is 2. The molecule has 39 heavy (non-hydrogen) atoms. The van der Waals surface area contributed by atoms with Gasteiger partial charge in [-0.25, -0.2) is 4.39 Å². The van der Waals surface area contributed by atoms with Crippen LogP contribution < -0.4 is 15.0 Å². The van der Waals surface area contributed by atoms with Gasteiger partial charge in [-0.05, 0) is 36.1 Å². The topological polar surface area (TPSA) is 82.8 Å². The van der Waals surface area contributed by atoms with Crippen molar-refractivity contribution in [3.63, 3.8) is 0 Å². The Hall–Kier alpha value is -3.75. The van der Waals surface area contributed by atoms with Crippen LogP contribution in [0.3, 0.4) is 0 Å². The summed E-state index contributed by atoms with van der Waals surface area (Å²) in [5, 5.41) is 10.3. The Kier molecular flexibility index (Phi) is 7.42. The predicted molar refractivity (Wildman–Crippen MR) is 147 cm³/mol. The third-order valence-electron chi connectivity index (χ3n) is 7.14. The SMILES string of the molecule is COC(c1c(OCc2ccccc2)c2ncc(Cc3ccc(F)cc3)c3c2n(c1=O)CC(C)(CO)O3)C(C)C. The van der Waals surface area contributed by atoms with E-state index in [0.717, 1.165) is 16.7 Å². The van der Waals surface area contributed by atoms with Gasteiger partial charge in [-0.3, -0.25) is 14.3 Å². The van der Waals surface area contributed by atoms with Crippen LogP contribution in [0.5, 0.6) is 11.5 Å². The van der Waals surface area contributed by atoms with Gasteiger partial charge in [0.1, 0.15) is 29.1 Å². The molecule has 1 aliphatic heterocycles. The van der Waals surface area contributed by atoms with Gasteiger partial charge in [0.05, 0.1) is 24.8 Å². The first-order valence-corrected chi connectivity index (χ1v) is 13.1. The van der Waals surface area contributed by atoms with Crippen molar-refractivity contribution in [2.24, 2.45) is 5.92 Å². The highest BCUT2D eigenvalue weighted by atomic mass is 19.1. The van der Waals surface area contributed by atoms with Gasteiger partial charge in [-0.2, -0.15) is 0 Å². The average Bonchev–Trinajstić information content (AvgIpc) is 2.93. The predicted octanol–water partition coefficient (Wildman–Crippen LogP) is 5.19. The van der Waals surface area contributed by atoms with E-state index in [1.165, 1.54) is 12.1 Å². The number of aliphatic hydroxyl groups is 1. The van der Waals surface area contributed by atoms with Crippen molar-refractivity contribution < 1.29 is 23.7 Å². The van der Waals surface area contributed by atoms with Crippen molar-refractivity contribution in [3.05, 3.63) is 99.2 Å². The summed E-state index contributed by atoms with van der Waals surface area (Å²) in [6.07, 6.45) is 1.57. The molecule has 2 aromatic heterocycles. The molecule has 0 saturated carbocycles. The monoisotopic (exact) mass is 532 g/mol. The molecule has 1 aliphatic rings. The Balaban J connectivity index is 1.75. The molecule has 204 valence electrons. The van der Waals surface area contributed by atoms with E-state index in [-0.39, 0.29) is 37.1 Å². The maximum absolute atomic E-state index is 14.2. The number of ether oxygens (including phenoxy) is 3. The molecule has 0 saturated heterocycles. The molecule has 0 fully saturated rings. The summed E-state index contributed by atoms with van der Waals surface area (Å²) < 4.78 is 33.8. The molecule has 2 atom stereocenters. The zero-order valence-corrected chi connectivity index (χ0v) is 22.6. The van der Waals surface area contributed by atoms with Gasteiger partial charge in [-0.1, -0.05) is 56.3 Å². The quantitative estimate of drug-likeness (QED) is 0.319. The summed E-state index contributed by atoms with van der Waals surface area (Å²) in [4.78, 5) is 19.0. The number of nitrogens with zero attached hydrogens (tertiary/aromatic N) is 2. The molecule has 8 heteroatoms. The fraction of sp³-hybridized carbons (Fsp3) is 0.355. The first-order valence-electron chi connectivity index (χ1n) is 13.1. The lowest BCUT2D eigenvalue weighted by Crippen LogP contribution is -2.47. The van der Waals surface area contributed by atoms with E-state index in [0.29, 0.717) is 34.5 Å². The number of benzene rings is 2. The molecule has 2 unspecified atom stereocenters. The van der Waals surface area contributed by atoms with Crippen LogP contribution in [0, 0.1) is 11.7 Å². The molecular weight excluding hydrogens is 499 g/mol. The average molecular weight is 533 g/mol. The number of rotatable bonds is 9. The van der Waals surface area contributed by atoms with Gasteiger partial charge >= 0.3 is 0 Å². The normalized spacial score (nSPS) is 17.3. The molecule has 0 amide bonds. The number of hydrogen-bond donors (Lipinski definition) is 1. The third-order valence-corrected chi connectivity index (χ3v) is 7.14. The largest absolute Gasteiger partial charge is 0.486 e. The van der Waals surface area contributed by atoms with E-state index in [9.17, 15) is 14.3 Å². The number of aliphatic hydroxyl groups excluding tert-OH is 1. The smallest absolute Gasteiger partial charge is 0.261 e. The number of hydrogen-bond acceptors (Lipinski definition) is 6. The molecule has 0 radical (unpaired) electrons. The van der Waals surface area contributed by atoms with Crippen LogP contribution in [-0.2, 0) is 24.3 Å². The van der Waals surface area contributed by atoms with E-state index >= 15 is 0 Å².